The number of rotatable bonds is 2. The van der Waals surface area contributed by atoms with Crippen molar-refractivity contribution in [1.82, 2.24) is 0 Å². The van der Waals surface area contributed by atoms with E-state index in [-0.39, 0.29) is 6.04 Å². The molecule has 0 aliphatic rings. The fourth-order valence-electron chi connectivity index (χ4n) is 0.0786. The van der Waals surface area contributed by atoms with E-state index in [0.29, 0.717) is 0 Å². The van der Waals surface area contributed by atoms with Crippen LogP contribution < -0.4 is 11.5 Å². The highest BCUT2D eigenvalue weighted by Gasteiger charge is 1.85. The van der Waals surface area contributed by atoms with Gasteiger partial charge in [-0.2, -0.15) is 0 Å². The van der Waals surface area contributed by atoms with Crippen LogP contribution in [0.3, 0.4) is 0 Å². The minimum absolute atomic E-state index is 0.148. The Morgan fingerprint density at radius 3 is 2.17 bits per heavy atom. The largest absolute Gasteiger partial charge is 0.325 e. The summed E-state index contributed by atoms with van der Waals surface area (Å²) in [7, 11) is 0. The normalized spacial score (nSPS) is 13.7. The van der Waals surface area contributed by atoms with Gasteiger partial charge in [0.1, 0.15) is 0 Å². The van der Waals surface area contributed by atoms with Crippen LogP contribution in [0.5, 0.6) is 0 Å². The zero-order valence-electron chi connectivity index (χ0n) is 3.59. The minimum atomic E-state index is -0.148. The maximum absolute atomic E-state index is 5.17. The van der Waals surface area contributed by atoms with Crippen LogP contribution in [0, 0.1) is 6.54 Å². The molecule has 0 saturated carbocycles. The fourth-order valence-corrected chi connectivity index (χ4v) is 0.0786. The summed E-state index contributed by atoms with van der Waals surface area (Å²) in [6.45, 7) is 4.78. The molecule has 0 aliphatic carbocycles. The van der Waals surface area contributed by atoms with Crippen LogP contribution in [0.2, 0.25) is 0 Å². The highest BCUT2D eigenvalue weighted by Crippen LogP contribution is 1.73. The van der Waals surface area contributed by atoms with Crippen molar-refractivity contribution in [3.05, 3.63) is 19.2 Å². The second-order valence-electron chi connectivity index (χ2n) is 1.01. The van der Waals surface area contributed by atoms with E-state index in [2.05, 4.69) is 6.58 Å². The molecule has 1 radical (unpaired) electrons. The smallest absolute Gasteiger partial charge is 0.0401 e. The third-order valence-corrected chi connectivity index (χ3v) is 0.494. The second kappa shape index (κ2) is 2.87. The van der Waals surface area contributed by atoms with Crippen LogP contribution in [0.4, 0.5) is 0 Å². The predicted molar refractivity (Wildman–Crippen MR) is 26.7 cm³/mol. The molecule has 0 amide bonds. The van der Waals surface area contributed by atoms with E-state index in [0.717, 1.165) is 0 Å². The van der Waals surface area contributed by atoms with Gasteiger partial charge in [0.25, 0.3) is 0 Å². The maximum atomic E-state index is 5.17. The predicted octanol–water partition coefficient (Wildman–Crippen LogP) is -0.380. The lowest BCUT2D eigenvalue weighted by Crippen LogP contribution is -2.20. The molecule has 0 aromatic heterocycles. The Balaban J connectivity index is 2.96. The first-order chi connectivity index (χ1) is 2.81. The summed E-state index contributed by atoms with van der Waals surface area (Å²) in [5.41, 5.74) is 10.1. The SMILES string of the molecule is C=CC(N)[CH]N. The van der Waals surface area contributed by atoms with Crippen molar-refractivity contribution in [3.63, 3.8) is 0 Å². The van der Waals surface area contributed by atoms with E-state index in [9.17, 15) is 0 Å². The first kappa shape index (κ1) is 5.66. The van der Waals surface area contributed by atoms with Crippen LogP contribution in [0.25, 0.3) is 0 Å². The monoisotopic (exact) mass is 85.1 g/mol. The van der Waals surface area contributed by atoms with Crippen molar-refractivity contribution >= 4 is 0 Å². The van der Waals surface area contributed by atoms with Crippen molar-refractivity contribution < 1.29 is 0 Å². The van der Waals surface area contributed by atoms with E-state index in [1.54, 1.807) is 6.08 Å². The molecule has 1 atom stereocenters. The zero-order chi connectivity index (χ0) is 4.99. The third-order valence-electron chi connectivity index (χ3n) is 0.494. The quantitative estimate of drug-likeness (QED) is 0.449. The molecule has 35 valence electrons. The molecule has 0 bridgehead atoms. The minimum Gasteiger partial charge on any atom is -0.325 e. The van der Waals surface area contributed by atoms with Crippen molar-refractivity contribution in [2.45, 2.75) is 6.04 Å². The van der Waals surface area contributed by atoms with E-state index >= 15 is 0 Å². The van der Waals surface area contributed by atoms with Gasteiger partial charge in [0, 0.05) is 12.6 Å². The number of hydrogen-bond donors (Lipinski definition) is 2. The Hall–Kier alpha value is -0.340. The zero-order valence-corrected chi connectivity index (χ0v) is 3.59. The topological polar surface area (TPSA) is 52.0 Å². The van der Waals surface area contributed by atoms with Crippen molar-refractivity contribution in [2.24, 2.45) is 11.5 Å². The summed E-state index contributed by atoms with van der Waals surface area (Å²) >= 11 is 0. The van der Waals surface area contributed by atoms with Gasteiger partial charge in [0.15, 0.2) is 0 Å². The molecule has 0 spiro atoms. The highest BCUT2D eigenvalue weighted by atomic mass is 14.7. The molecule has 2 nitrogen and oxygen atoms in total. The fraction of sp³-hybridized carbons (Fsp3) is 0.250. The lowest BCUT2D eigenvalue weighted by atomic mass is 10.3. The average molecular weight is 85.1 g/mol. The van der Waals surface area contributed by atoms with Crippen molar-refractivity contribution in [1.29, 1.82) is 0 Å². The number of nitrogens with two attached hydrogens (primary N) is 2. The van der Waals surface area contributed by atoms with Crippen LogP contribution in [0.15, 0.2) is 12.7 Å². The van der Waals surface area contributed by atoms with Gasteiger partial charge in [-0.25, -0.2) is 0 Å². The summed E-state index contributed by atoms with van der Waals surface area (Å²) in [6.07, 6.45) is 1.57. The summed E-state index contributed by atoms with van der Waals surface area (Å²) < 4.78 is 0. The van der Waals surface area contributed by atoms with Crippen LogP contribution in [-0.4, -0.2) is 6.04 Å². The van der Waals surface area contributed by atoms with Gasteiger partial charge in [0.2, 0.25) is 0 Å². The van der Waals surface area contributed by atoms with E-state index < -0.39 is 0 Å². The number of hydrogen-bond acceptors (Lipinski definition) is 2. The molecule has 0 aliphatic heterocycles. The van der Waals surface area contributed by atoms with E-state index in [1.165, 1.54) is 6.54 Å². The summed E-state index contributed by atoms with van der Waals surface area (Å²) in [6, 6.07) is -0.148. The molecular formula is C4H9N2. The molecule has 6 heavy (non-hydrogen) atoms. The molecule has 1 unspecified atom stereocenters. The summed E-state index contributed by atoms with van der Waals surface area (Å²) in [4.78, 5) is 0. The van der Waals surface area contributed by atoms with Crippen molar-refractivity contribution in [3.8, 4) is 0 Å². The molecule has 0 rings (SSSR count). The summed E-state index contributed by atoms with van der Waals surface area (Å²) in [5.74, 6) is 0. The van der Waals surface area contributed by atoms with Crippen molar-refractivity contribution in [2.75, 3.05) is 0 Å². The van der Waals surface area contributed by atoms with Gasteiger partial charge in [-0.1, -0.05) is 6.08 Å². The Morgan fingerprint density at radius 2 is 2.17 bits per heavy atom. The molecule has 0 aromatic carbocycles. The van der Waals surface area contributed by atoms with Gasteiger partial charge >= 0.3 is 0 Å². The average Bonchev–Trinajstić information content (AvgIpc) is 1.65. The van der Waals surface area contributed by atoms with Gasteiger partial charge in [-0.3, -0.25) is 0 Å². The van der Waals surface area contributed by atoms with Gasteiger partial charge in [-0.05, 0) is 0 Å². The molecule has 0 fully saturated rings. The second-order valence-corrected chi connectivity index (χ2v) is 1.01. The Morgan fingerprint density at radius 1 is 1.67 bits per heavy atom. The summed E-state index contributed by atoms with van der Waals surface area (Å²) in [5, 5.41) is 0. The first-order valence-electron chi connectivity index (χ1n) is 1.74. The van der Waals surface area contributed by atoms with Crippen LogP contribution in [0.1, 0.15) is 0 Å². The Bertz CT molecular complexity index is 42.8. The Kier molecular flexibility index (Phi) is 2.71. The first-order valence-corrected chi connectivity index (χ1v) is 1.74. The highest BCUT2D eigenvalue weighted by molar-refractivity contribution is 4.89. The van der Waals surface area contributed by atoms with Gasteiger partial charge < -0.3 is 11.5 Å². The molecule has 0 saturated heterocycles. The molecule has 4 N–H and O–H groups in total. The molecular weight excluding hydrogens is 76.1 g/mol. The molecule has 0 heterocycles. The Labute approximate surface area is 37.8 Å². The van der Waals surface area contributed by atoms with Gasteiger partial charge in [-0.15, -0.1) is 6.58 Å². The third kappa shape index (κ3) is 1.93. The molecule has 2 heteroatoms. The van der Waals surface area contributed by atoms with E-state index in [1.807, 2.05) is 0 Å². The van der Waals surface area contributed by atoms with Gasteiger partial charge in [0.05, 0.1) is 0 Å². The van der Waals surface area contributed by atoms with Crippen LogP contribution >= 0.6 is 0 Å². The lowest BCUT2D eigenvalue weighted by molar-refractivity contribution is 0.927. The molecule has 0 aromatic rings. The standard InChI is InChI=1S/C4H9N2/c1-2-4(6)3-5/h2-4H,1,5-6H2. The lowest BCUT2D eigenvalue weighted by Gasteiger charge is -1.94. The van der Waals surface area contributed by atoms with Crippen LogP contribution in [-0.2, 0) is 0 Å². The maximum Gasteiger partial charge on any atom is 0.0401 e. The van der Waals surface area contributed by atoms with E-state index in [4.69, 9.17) is 11.5 Å².